The zero-order chi connectivity index (χ0) is 15.4. The fourth-order valence-electron chi connectivity index (χ4n) is 1.57. The number of thiocarbonyl (C=S) groups is 1. The molecule has 2 aromatic carbocycles. The first-order valence-corrected chi connectivity index (χ1v) is 6.61. The third-order valence-corrected chi connectivity index (χ3v) is 2.96. The fraction of sp³-hybridized carbons (Fsp3) is 0. The summed E-state index contributed by atoms with van der Waals surface area (Å²) < 4.78 is 13.0. The summed E-state index contributed by atoms with van der Waals surface area (Å²) in [5.74, 6) is -1.15. The van der Waals surface area contributed by atoms with Gasteiger partial charge in [-0.2, -0.15) is 0 Å². The molecule has 1 amide bonds. The highest BCUT2D eigenvalue weighted by Crippen LogP contribution is 2.26. The molecule has 2 aromatic rings. The summed E-state index contributed by atoms with van der Waals surface area (Å²) >= 11 is 10.8. The molecule has 0 saturated carbocycles. The molecule has 7 heteroatoms. The van der Waals surface area contributed by atoms with Crippen molar-refractivity contribution in [1.82, 2.24) is 5.32 Å². The number of halogens is 2. The van der Waals surface area contributed by atoms with E-state index in [4.69, 9.17) is 23.8 Å². The van der Waals surface area contributed by atoms with Crippen molar-refractivity contribution in [2.45, 2.75) is 0 Å². The second kappa shape index (κ2) is 6.51. The van der Waals surface area contributed by atoms with Gasteiger partial charge in [-0.1, -0.05) is 17.7 Å². The molecule has 0 fully saturated rings. The van der Waals surface area contributed by atoms with Crippen LogP contribution >= 0.6 is 23.8 Å². The lowest BCUT2D eigenvalue weighted by atomic mass is 10.2. The van der Waals surface area contributed by atoms with Crippen LogP contribution in [0.15, 0.2) is 42.5 Å². The lowest BCUT2D eigenvalue weighted by Gasteiger charge is -2.11. The maximum absolute atomic E-state index is 13.0. The molecule has 2 rings (SSSR count). The van der Waals surface area contributed by atoms with Gasteiger partial charge < -0.3 is 10.4 Å². The molecule has 0 unspecified atom stereocenters. The summed E-state index contributed by atoms with van der Waals surface area (Å²) in [5.41, 5.74) is 0.390. The van der Waals surface area contributed by atoms with Crippen molar-refractivity contribution in [3.63, 3.8) is 0 Å². The molecule has 0 atom stereocenters. The zero-order valence-corrected chi connectivity index (χ0v) is 12.1. The van der Waals surface area contributed by atoms with Crippen LogP contribution in [0.5, 0.6) is 5.75 Å². The molecule has 3 N–H and O–H groups in total. The van der Waals surface area contributed by atoms with E-state index < -0.39 is 11.7 Å². The van der Waals surface area contributed by atoms with Crippen molar-refractivity contribution in [2.24, 2.45) is 0 Å². The third-order valence-electron chi connectivity index (χ3n) is 2.52. The van der Waals surface area contributed by atoms with Gasteiger partial charge in [0.2, 0.25) is 0 Å². The number of nitrogens with one attached hydrogen (secondary N) is 2. The fourth-order valence-corrected chi connectivity index (χ4v) is 1.94. The molecule has 0 spiro atoms. The highest BCUT2D eigenvalue weighted by Gasteiger charge is 2.10. The largest absolute Gasteiger partial charge is 0.506 e. The van der Waals surface area contributed by atoms with Crippen LogP contribution in [0.3, 0.4) is 0 Å². The van der Waals surface area contributed by atoms with Crippen LogP contribution in [-0.2, 0) is 0 Å². The van der Waals surface area contributed by atoms with E-state index in [1.165, 1.54) is 36.4 Å². The van der Waals surface area contributed by atoms with Gasteiger partial charge in [-0.05, 0) is 48.6 Å². The first-order valence-electron chi connectivity index (χ1n) is 5.82. The van der Waals surface area contributed by atoms with Crippen molar-refractivity contribution in [3.8, 4) is 5.75 Å². The first-order chi connectivity index (χ1) is 9.95. The minimum Gasteiger partial charge on any atom is -0.506 e. The Kier molecular flexibility index (Phi) is 4.72. The van der Waals surface area contributed by atoms with Crippen LogP contribution in [-0.4, -0.2) is 16.1 Å². The highest BCUT2D eigenvalue weighted by atomic mass is 35.5. The van der Waals surface area contributed by atoms with Crippen molar-refractivity contribution in [3.05, 3.63) is 58.9 Å². The van der Waals surface area contributed by atoms with Gasteiger partial charge in [0, 0.05) is 10.6 Å². The molecular formula is C14H10ClFN2O2S. The van der Waals surface area contributed by atoms with E-state index in [9.17, 15) is 14.3 Å². The Morgan fingerprint density at radius 1 is 1.24 bits per heavy atom. The zero-order valence-electron chi connectivity index (χ0n) is 10.6. The van der Waals surface area contributed by atoms with Gasteiger partial charge in [-0.3, -0.25) is 10.1 Å². The second-order valence-corrected chi connectivity index (χ2v) is 4.92. The van der Waals surface area contributed by atoms with Crippen LogP contribution in [0, 0.1) is 5.82 Å². The Balaban J connectivity index is 2.05. The van der Waals surface area contributed by atoms with Gasteiger partial charge in [-0.25, -0.2) is 4.39 Å². The SMILES string of the molecule is O=C(NC(=S)Nc1cc(Cl)ccc1O)c1cccc(F)c1. The topological polar surface area (TPSA) is 61.4 Å². The number of carbonyl (C=O) groups excluding carboxylic acids is 1. The lowest BCUT2D eigenvalue weighted by molar-refractivity contribution is 0.0977. The minimum atomic E-state index is -0.562. The molecule has 0 aliphatic rings. The van der Waals surface area contributed by atoms with Gasteiger partial charge in [0.25, 0.3) is 5.91 Å². The average molecular weight is 325 g/mol. The van der Waals surface area contributed by atoms with Crippen molar-refractivity contribution in [1.29, 1.82) is 0 Å². The van der Waals surface area contributed by atoms with E-state index in [1.54, 1.807) is 0 Å². The number of phenols is 1. The molecule has 0 saturated heterocycles. The van der Waals surface area contributed by atoms with Gasteiger partial charge in [-0.15, -0.1) is 0 Å². The molecule has 0 aromatic heterocycles. The normalized spacial score (nSPS) is 10.0. The molecular weight excluding hydrogens is 315 g/mol. The molecule has 4 nitrogen and oxygen atoms in total. The number of rotatable bonds is 2. The molecule has 108 valence electrons. The smallest absolute Gasteiger partial charge is 0.257 e. The van der Waals surface area contributed by atoms with E-state index in [-0.39, 0.29) is 22.1 Å². The number of amides is 1. The first kappa shape index (κ1) is 15.2. The predicted octanol–water partition coefficient (Wildman–Crippen LogP) is 3.31. The van der Waals surface area contributed by atoms with Crippen LogP contribution in [0.25, 0.3) is 0 Å². The highest BCUT2D eigenvalue weighted by molar-refractivity contribution is 7.80. The van der Waals surface area contributed by atoms with Crippen LogP contribution < -0.4 is 10.6 Å². The average Bonchev–Trinajstić information content (AvgIpc) is 2.42. The van der Waals surface area contributed by atoms with E-state index in [1.807, 2.05) is 0 Å². The lowest BCUT2D eigenvalue weighted by Crippen LogP contribution is -2.34. The Hall–Kier alpha value is -2.18. The number of benzene rings is 2. The van der Waals surface area contributed by atoms with Gasteiger partial charge in [0.1, 0.15) is 11.6 Å². The maximum Gasteiger partial charge on any atom is 0.257 e. The van der Waals surface area contributed by atoms with Gasteiger partial charge in [0.15, 0.2) is 5.11 Å². The Morgan fingerprint density at radius 3 is 2.71 bits per heavy atom. The van der Waals surface area contributed by atoms with Gasteiger partial charge >= 0.3 is 0 Å². The molecule has 0 aliphatic heterocycles. The van der Waals surface area contributed by atoms with Crippen molar-refractivity contribution >= 4 is 40.5 Å². The van der Waals surface area contributed by atoms with E-state index in [2.05, 4.69) is 10.6 Å². The standard InChI is InChI=1S/C14H10ClFN2O2S/c15-9-4-5-12(19)11(7-9)17-14(21)18-13(20)8-2-1-3-10(16)6-8/h1-7,19H,(H2,17,18,20,21). The Morgan fingerprint density at radius 2 is 2.00 bits per heavy atom. The van der Waals surface area contributed by atoms with Crippen LogP contribution in [0.4, 0.5) is 10.1 Å². The van der Waals surface area contributed by atoms with Crippen molar-refractivity contribution < 1.29 is 14.3 Å². The van der Waals surface area contributed by atoms with E-state index >= 15 is 0 Å². The monoisotopic (exact) mass is 324 g/mol. The molecule has 21 heavy (non-hydrogen) atoms. The quantitative estimate of drug-likeness (QED) is 0.586. The molecule has 0 radical (unpaired) electrons. The van der Waals surface area contributed by atoms with Crippen LogP contribution in [0.2, 0.25) is 5.02 Å². The number of hydrogen-bond acceptors (Lipinski definition) is 3. The van der Waals surface area contributed by atoms with Gasteiger partial charge in [0.05, 0.1) is 5.69 Å². The minimum absolute atomic E-state index is 0.0400. The number of anilines is 1. The summed E-state index contributed by atoms with van der Waals surface area (Å²) in [6.45, 7) is 0. The summed E-state index contributed by atoms with van der Waals surface area (Å²) in [7, 11) is 0. The second-order valence-electron chi connectivity index (χ2n) is 4.08. The predicted molar refractivity (Wildman–Crippen MR) is 83.2 cm³/mol. The van der Waals surface area contributed by atoms with E-state index in [0.717, 1.165) is 6.07 Å². The Bertz CT molecular complexity index is 709. The van der Waals surface area contributed by atoms with E-state index in [0.29, 0.717) is 5.02 Å². The number of phenolic OH excluding ortho intramolecular Hbond substituents is 1. The number of carbonyl (C=O) groups is 1. The Labute approximate surface area is 130 Å². The third kappa shape index (κ3) is 4.14. The number of aromatic hydroxyl groups is 1. The summed E-state index contributed by atoms with van der Waals surface area (Å²) in [5, 5.41) is 15.0. The molecule has 0 heterocycles. The van der Waals surface area contributed by atoms with Crippen LogP contribution in [0.1, 0.15) is 10.4 Å². The maximum atomic E-state index is 13.0. The van der Waals surface area contributed by atoms with Crippen molar-refractivity contribution in [2.75, 3.05) is 5.32 Å². The summed E-state index contributed by atoms with van der Waals surface area (Å²) in [6, 6.07) is 9.56. The molecule has 0 aliphatic carbocycles. The summed E-state index contributed by atoms with van der Waals surface area (Å²) in [6.07, 6.45) is 0. The molecule has 0 bridgehead atoms. The number of hydrogen-bond donors (Lipinski definition) is 3. The summed E-state index contributed by atoms with van der Waals surface area (Å²) in [4.78, 5) is 11.9.